The summed E-state index contributed by atoms with van der Waals surface area (Å²) in [7, 11) is 1.96. The van der Waals surface area contributed by atoms with Crippen molar-refractivity contribution >= 4 is 18.3 Å². The van der Waals surface area contributed by atoms with Crippen LogP contribution in [0, 0.1) is 0 Å². The second-order valence-corrected chi connectivity index (χ2v) is 8.35. The van der Waals surface area contributed by atoms with Gasteiger partial charge in [-0.15, -0.1) is 12.4 Å². The minimum Gasteiger partial charge on any atom is -0.484 e. The van der Waals surface area contributed by atoms with Gasteiger partial charge in [0.2, 0.25) is 0 Å². The van der Waals surface area contributed by atoms with Crippen LogP contribution in [-0.4, -0.2) is 54.5 Å². The van der Waals surface area contributed by atoms with E-state index in [4.69, 9.17) is 4.74 Å². The molecule has 2 atom stereocenters. The second-order valence-electron chi connectivity index (χ2n) is 8.35. The molecule has 2 fully saturated rings. The molecular formula is C25H33ClN2O2. The number of halogens is 1. The number of hydrogen-bond donors (Lipinski definition) is 0. The van der Waals surface area contributed by atoms with Gasteiger partial charge >= 0.3 is 0 Å². The van der Waals surface area contributed by atoms with Crippen LogP contribution < -0.4 is 4.74 Å². The summed E-state index contributed by atoms with van der Waals surface area (Å²) in [6.07, 6.45) is 7.41. The van der Waals surface area contributed by atoms with Crippen LogP contribution in [0.2, 0.25) is 0 Å². The predicted molar refractivity (Wildman–Crippen MR) is 124 cm³/mol. The van der Waals surface area contributed by atoms with Crippen LogP contribution in [0.15, 0.2) is 54.6 Å². The van der Waals surface area contributed by atoms with Gasteiger partial charge in [-0.3, -0.25) is 9.69 Å². The first-order valence-corrected chi connectivity index (χ1v) is 11.0. The molecule has 2 aromatic rings. The smallest absolute Gasteiger partial charge is 0.260 e. The third-order valence-electron chi connectivity index (χ3n) is 6.52. The van der Waals surface area contributed by atoms with Crippen LogP contribution in [0.4, 0.5) is 0 Å². The third-order valence-corrected chi connectivity index (χ3v) is 6.52. The zero-order valence-corrected chi connectivity index (χ0v) is 18.7. The van der Waals surface area contributed by atoms with Gasteiger partial charge in [-0.1, -0.05) is 55.3 Å². The molecule has 1 aliphatic heterocycles. The number of benzene rings is 2. The Kier molecular flexibility index (Phi) is 8.17. The van der Waals surface area contributed by atoms with Gasteiger partial charge in [0.1, 0.15) is 5.75 Å². The average molecular weight is 429 g/mol. The number of rotatable bonds is 6. The number of likely N-dealkylation sites (tertiary alicyclic amines) is 1. The third kappa shape index (κ3) is 5.35. The Hall–Kier alpha value is -2.04. The number of ether oxygens (including phenoxy) is 1. The minimum absolute atomic E-state index is 0. The molecule has 30 heavy (non-hydrogen) atoms. The highest BCUT2D eigenvalue weighted by atomic mass is 35.5. The fourth-order valence-corrected chi connectivity index (χ4v) is 4.85. The zero-order chi connectivity index (χ0) is 20.1. The van der Waals surface area contributed by atoms with Gasteiger partial charge in [0.25, 0.3) is 5.91 Å². The van der Waals surface area contributed by atoms with Crippen LogP contribution in [0.5, 0.6) is 5.75 Å². The standard InChI is InChI=1S/C25H32N2O2.ClH/c1-26(23-11-5-6-12-24(23)27-17-7-8-18-27)25(28)19-29-22-15-13-21(14-16-22)20-9-3-2-4-10-20;/h2-4,9-10,13-16,23-24H,5-8,11-12,17-19H2,1H3;1H/t23-,24-;/m1./s1. The molecule has 5 heteroatoms. The number of hydrogen-bond acceptors (Lipinski definition) is 3. The number of amides is 1. The highest BCUT2D eigenvalue weighted by molar-refractivity contribution is 5.85. The highest BCUT2D eigenvalue weighted by Crippen LogP contribution is 2.29. The largest absolute Gasteiger partial charge is 0.484 e. The molecule has 1 aliphatic carbocycles. The van der Waals surface area contributed by atoms with Crippen LogP contribution in [0.25, 0.3) is 11.1 Å². The summed E-state index contributed by atoms with van der Waals surface area (Å²) < 4.78 is 5.83. The maximum Gasteiger partial charge on any atom is 0.260 e. The number of nitrogens with zero attached hydrogens (tertiary/aromatic N) is 2. The Morgan fingerprint density at radius 3 is 2.27 bits per heavy atom. The van der Waals surface area contributed by atoms with E-state index in [0.717, 1.165) is 17.7 Å². The lowest BCUT2D eigenvalue weighted by atomic mass is 9.88. The van der Waals surface area contributed by atoms with Gasteiger partial charge < -0.3 is 9.64 Å². The molecule has 1 saturated heterocycles. The van der Waals surface area contributed by atoms with Crippen molar-refractivity contribution in [2.45, 2.75) is 50.6 Å². The number of carbonyl (C=O) groups is 1. The van der Waals surface area contributed by atoms with Crippen molar-refractivity contribution in [2.24, 2.45) is 0 Å². The Morgan fingerprint density at radius 2 is 1.57 bits per heavy atom. The molecule has 1 heterocycles. The lowest BCUT2D eigenvalue weighted by Gasteiger charge is -2.42. The Morgan fingerprint density at radius 1 is 0.933 bits per heavy atom. The molecule has 4 rings (SSSR count). The first-order valence-electron chi connectivity index (χ1n) is 11.0. The van der Waals surface area contributed by atoms with Crippen molar-refractivity contribution in [3.8, 4) is 16.9 Å². The van der Waals surface area contributed by atoms with Crippen molar-refractivity contribution in [3.63, 3.8) is 0 Å². The normalized spacial score (nSPS) is 21.6. The summed E-state index contributed by atoms with van der Waals surface area (Å²) in [5.74, 6) is 0.819. The summed E-state index contributed by atoms with van der Waals surface area (Å²) in [6.45, 7) is 2.48. The maximum absolute atomic E-state index is 12.8. The predicted octanol–water partition coefficient (Wildman–Crippen LogP) is 5.02. The zero-order valence-electron chi connectivity index (χ0n) is 17.8. The summed E-state index contributed by atoms with van der Waals surface area (Å²) >= 11 is 0. The molecule has 4 nitrogen and oxygen atoms in total. The second kappa shape index (κ2) is 10.8. The van der Waals surface area contributed by atoms with Crippen LogP contribution in [-0.2, 0) is 4.79 Å². The fraction of sp³-hybridized carbons (Fsp3) is 0.480. The summed E-state index contributed by atoms with van der Waals surface area (Å²) in [4.78, 5) is 17.4. The van der Waals surface area contributed by atoms with Gasteiger partial charge in [0, 0.05) is 19.1 Å². The van der Waals surface area contributed by atoms with Gasteiger partial charge in [0.15, 0.2) is 6.61 Å². The van der Waals surface area contributed by atoms with Gasteiger partial charge in [0.05, 0.1) is 0 Å². The molecule has 0 bridgehead atoms. The van der Waals surface area contributed by atoms with Crippen LogP contribution in [0.1, 0.15) is 38.5 Å². The molecule has 2 aromatic carbocycles. The topological polar surface area (TPSA) is 32.8 Å². The van der Waals surface area contributed by atoms with Gasteiger partial charge in [-0.2, -0.15) is 0 Å². The van der Waals surface area contributed by atoms with Crippen molar-refractivity contribution in [2.75, 3.05) is 26.7 Å². The molecule has 0 unspecified atom stereocenters. The summed E-state index contributed by atoms with van der Waals surface area (Å²) in [6, 6.07) is 19.1. The van der Waals surface area contributed by atoms with E-state index in [1.165, 1.54) is 50.8 Å². The number of likely N-dealkylation sites (N-methyl/N-ethyl adjacent to an activating group) is 1. The van der Waals surface area contributed by atoms with Gasteiger partial charge in [-0.05, 0) is 62.0 Å². The highest BCUT2D eigenvalue weighted by Gasteiger charge is 2.35. The van der Waals surface area contributed by atoms with E-state index < -0.39 is 0 Å². The summed E-state index contributed by atoms with van der Waals surface area (Å²) in [5, 5.41) is 0. The van der Waals surface area contributed by atoms with Crippen molar-refractivity contribution < 1.29 is 9.53 Å². The van der Waals surface area contributed by atoms with E-state index in [1.807, 2.05) is 54.4 Å². The van der Waals surface area contributed by atoms with E-state index >= 15 is 0 Å². The Bertz CT molecular complexity index is 791. The van der Waals surface area contributed by atoms with E-state index in [-0.39, 0.29) is 24.9 Å². The molecule has 1 amide bonds. The molecular weight excluding hydrogens is 396 g/mol. The molecule has 0 spiro atoms. The van der Waals surface area contributed by atoms with E-state index in [9.17, 15) is 4.79 Å². The van der Waals surface area contributed by atoms with Gasteiger partial charge in [-0.25, -0.2) is 0 Å². The molecule has 162 valence electrons. The number of carbonyl (C=O) groups excluding carboxylic acids is 1. The first kappa shape index (κ1) is 22.6. The molecule has 0 aromatic heterocycles. The quantitative estimate of drug-likeness (QED) is 0.647. The van der Waals surface area contributed by atoms with Crippen LogP contribution >= 0.6 is 12.4 Å². The fourth-order valence-electron chi connectivity index (χ4n) is 4.85. The maximum atomic E-state index is 12.8. The lowest BCUT2D eigenvalue weighted by Crippen LogP contribution is -2.53. The van der Waals surface area contributed by atoms with E-state index in [2.05, 4.69) is 17.0 Å². The average Bonchev–Trinajstić information content (AvgIpc) is 3.33. The first-order chi connectivity index (χ1) is 14.2. The molecule has 2 aliphatic rings. The Balaban J connectivity index is 0.00000256. The molecule has 1 saturated carbocycles. The SMILES string of the molecule is CN(C(=O)COc1ccc(-c2ccccc2)cc1)[C@@H]1CCCC[C@H]1N1CCCC1.Cl. The van der Waals surface area contributed by atoms with Crippen molar-refractivity contribution in [1.29, 1.82) is 0 Å². The molecule has 0 N–H and O–H groups in total. The van der Waals surface area contributed by atoms with E-state index in [0.29, 0.717) is 12.1 Å². The van der Waals surface area contributed by atoms with Crippen molar-refractivity contribution in [3.05, 3.63) is 54.6 Å². The van der Waals surface area contributed by atoms with Crippen molar-refractivity contribution in [1.82, 2.24) is 9.80 Å². The summed E-state index contributed by atoms with van der Waals surface area (Å²) in [5.41, 5.74) is 2.33. The van der Waals surface area contributed by atoms with Crippen LogP contribution in [0.3, 0.4) is 0 Å². The molecule has 0 radical (unpaired) electrons. The lowest BCUT2D eigenvalue weighted by molar-refractivity contribution is -0.136. The Labute approximate surface area is 186 Å². The monoisotopic (exact) mass is 428 g/mol. The minimum atomic E-state index is 0. The van der Waals surface area contributed by atoms with E-state index in [1.54, 1.807) is 0 Å².